The van der Waals surface area contributed by atoms with Crippen LogP contribution < -0.4 is 21.1 Å². The number of carbonyl (C=O) groups is 1. The molecule has 7 heteroatoms. The second kappa shape index (κ2) is 6.49. The number of methoxy groups -OCH3 is 1. The number of hydrogen-bond donors (Lipinski definition) is 4. The minimum atomic E-state index is -0.148. The molecule has 0 unspecified atom stereocenters. The van der Waals surface area contributed by atoms with Crippen molar-refractivity contribution in [3.8, 4) is 5.75 Å². The molecule has 3 aromatic rings. The average Bonchev–Trinajstić information content (AvgIpc) is 2.94. The van der Waals surface area contributed by atoms with E-state index in [4.69, 9.17) is 10.5 Å². The molecule has 0 radical (unpaired) electrons. The Bertz CT molecular complexity index is 888. The van der Waals surface area contributed by atoms with Crippen molar-refractivity contribution in [2.45, 2.75) is 6.92 Å². The molecule has 7 nitrogen and oxygen atoms in total. The van der Waals surface area contributed by atoms with Gasteiger partial charge in [-0.1, -0.05) is 0 Å². The number of nitrogens with one attached hydrogen (secondary N) is 3. The number of carbonyl (C=O) groups excluding carboxylic acids is 1. The lowest BCUT2D eigenvalue weighted by atomic mass is 10.2. The lowest BCUT2D eigenvalue weighted by Crippen LogP contribution is -2.21. The predicted molar refractivity (Wildman–Crippen MR) is 95.4 cm³/mol. The van der Waals surface area contributed by atoms with E-state index in [1.165, 1.54) is 0 Å². The molecule has 0 fully saturated rings. The summed E-state index contributed by atoms with van der Waals surface area (Å²) in [6.07, 6.45) is 0. The molecule has 1 amide bonds. The van der Waals surface area contributed by atoms with Crippen LogP contribution in [0.5, 0.6) is 5.75 Å². The normalized spacial score (nSPS) is 10.6. The molecular weight excluding hydrogens is 306 g/mol. The van der Waals surface area contributed by atoms with Gasteiger partial charge in [-0.25, -0.2) is 0 Å². The molecule has 5 N–H and O–H groups in total. The number of H-pyrrole nitrogens is 1. The summed E-state index contributed by atoms with van der Waals surface area (Å²) >= 11 is 0. The van der Waals surface area contributed by atoms with Gasteiger partial charge in [-0.15, -0.1) is 0 Å². The third-order valence-corrected chi connectivity index (χ3v) is 3.72. The Morgan fingerprint density at radius 3 is 2.79 bits per heavy atom. The van der Waals surface area contributed by atoms with Gasteiger partial charge in [0.1, 0.15) is 5.75 Å². The quantitative estimate of drug-likeness (QED) is 0.577. The molecule has 0 saturated carbocycles. The number of nitrogens with two attached hydrogens (primary N) is 1. The van der Waals surface area contributed by atoms with Crippen LogP contribution in [0.4, 0.5) is 17.2 Å². The smallest absolute Gasteiger partial charge is 0.243 e. The van der Waals surface area contributed by atoms with E-state index in [1.54, 1.807) is 19.2 Å². The monoisotopic (exact) mass is 325 g/mol. The summed E-state index contributed by atoms with van der Waals surface area (Å²) in [5.74, 6) is 1.08. The number of ether oxygens (including phenoxy) is 1. The first-order valence-electron chi connectivity index (χ1n) is 7.49. The van der Waals surface area contributed by atoms with Gasteiger partial charge in [0.2, 0.25) is 5.91 Å². The van der Waals surface area contributed by atoms with E-state index in [1.807, 2.05) is 31.2 Å². The Balaban J connectivity index is 1.62. The van der Waals surface area contributed by atoms with Crippen molar-refractivity contribution in [2.75, 3.05) is 30.0 Å². The number of hydrogen-bond acceptors (Lipinski definition) is 5. The van der Waals surface area contributed by atoms with Crippen LogP contribution >= 0.6 is 0 Å². The number of aromatic nitrogens is 2. The highest BCUT2D eigenvalue weighted by atomic mass is 16.5. The first-order valence-corrected chi connectivity index (χ1v) is 7.49. The zero-order valence-electron chi connectivity index (χ0n) is 13.5. The molecule has 0 aliphatic heterocycles. The van der Waals surface area contributed by atoms with Crippen LogP contribution in [-0.2, 0) is 4.79 Å². The SMILES string of the molecule is COc1ccc(NCC(=O)Nc2ccc3[nH]nc(N)c3c2)cc1C. The number of amides is 1. The highest BCUT2D eigenvalue weighted by Gasteiger charge is 2.07. The second-order valence-electron chi connectivity index (χ2n) is 5.46. The Hall–Kier alpha value is -3.22. The maximum absolute atomic E-state index is 12.1. The zero-order valence-corrected chi connectivity index (χ0v) is 13.5. The average molecular weight is 325 g/mol. The van der Waals surface area contributed by atoms with Crippen molar-refractivity contribution < 1.29 is 9.53 Å². The standard InChI is InChI=1S/C17H19N5O2/c1-10-7-11(4-6-15(10)24-2)19-9-16(23)20-12-3-5-14-13(8-12)17(18)22-21-14/h3-8,19H,9H2,1-2H3,(H,20,23)(H3,18,21,22). The number of rotatable bonds is 5. The van der Waals surface area contributed by atoms with Crippen LogP contribution in [0.25, 0.3) is 10.9 Å². The highest BCUT2D eigenvalue weighted by molar-refractivity contribution is 5.97. The van der Waals surface area contributed by atoms with Crippen LogP contribution in [0, 0.1) is 6.92 Å². The molecule has 0 bridgehead atoms. The summed E-state index contributed by atoms with van der Waals surface area (Å²) in [7, 11) is 1.63. The van der Waals surface area contributed by atoms with Crippen LogP contribution in [0.1, 0.15) is 5.56 Å². The van der Waals surface area contributed by atoms with Crippen LogP contribution in [0.3, 0.4) is 0 Å². The van der Waals surface area contributed by atoms with Crippen molar-refractivity contribution in [2.24, 2.45) is 0 Å². The molecule has 0 aliphatic carbocycles. The van der Waals surface area contributed by atoms with Gasteiger partial charge in [0.05, 0.1) is 19.2 Å². The highest BCUT2D eigenvalue weighted by Crippen LogP contribution is 2.22. The first kappa shape index (κ1) is 15.7. The molecule has 0 saturated heterocycles. The fraction of sp³-hybridized carbons (Fsp3) is 0.176. The van der Waals surface area contributed by atoms with Gasteiger partial charge in [-0.3, -0.25) is 9.89 Å². The summed E-state index contributed by atoms with van der Waals surface area (Å²) in [4.78, 5) is 12.1. The molecule has 2 aromatic carbocycles. The van der Waals surface area contributed by atoms with Gasteiger partial charge in [-0.05, 0) is 48.9 Å². The van der Waals surface area contributed by atoms with Gasteiger partial charge in [0.15, 0.2) is 5.82 Å². The fourth-order valence-corrected chi connectivity index (χ4v) is 2.49. The van der Waals surface area contributed by atoms with E-state index >= 15 is 0 Å². The predicted octanol–water partition coefficient (Wildman–Crippen LogP) is 2.51. The summed E-state index contributed by atoms with van der Waals surface area (Å²) in [5, 5.41) is 13.5. The lowest BCUT2D eigenvalue weighted by Gasteiger charge is -2.10. The number of benzene rings is 2. The molecule has 3 rings (SSSR count). The van der Waals surface area contributed by atoms with Crippen LogP contribution in [0.2, 0.25) is 0 Å². The zero-order chi connectivity index (χ0) is 17.1. The summed E-state index contributed by atoms with van der Waals surface area (Å²) in [5.41, 5.74) is 9.14. The molecule has 1 aromatic heterocycles. The maximum atomic E-state index is 12.1. The molecular formula is C17H19N5O2. The van der Waals surface area contributed by atoms with Gasteiger partial charge < -0.3 is 21.1 Å². The molecule has 0 aliphatic rings. The number of nitrogen functional groups attached to an aromatic ring is 1. The molecule has 124 valence electrons. The molecule has 24 heavy (non-hydrogen) atoms. The first-order chi connectivity index (χ1) is 11.6. The minimum Gasteiger partial charge on any atom is -0.496 e. The minimum absolute atomic E-state index is 0.148. The number of anilines is 3. The third kappa shape index (κ3) is 3.24. The summed E-state index contributed by atoms with van der Waals surface area (Å²) in [6, 6.07) is 11.1. The maximum Gasteiger partial charge on any atom is 0.243 e. The molecule has 0 spiro atoms. The fourth-order valence-electron chi connectivity index (χ4n) is 2.49. The summed E-state index contributed by atoms with van der Waals surface area (Å²) < 4.78 is 5.22. The van der Waals surface area contributed by atoms with E-state index in [9.17, 15) is 4.79 Å². The Kier molecular flexibility index (Phi) is 4.24. The van der Waals surface area contributed by atoms with Crippen molar-refractivity contribution in [1.82, 2.24) is 10.2 Å². The van der Waals surface area contributed by atoms with Gasteiger partial charge in [-0.2, -0.15) is 5.10 Å². The van der Waals surface area contributed by atoms with Crippen molar-refractivity contribution in [3.05, 3.63) is 42.0 Å². The van der Waals surface area contributed by atoms with E-state index in [0.717, 1.165) is 27.9 Å². The van der Waals surface area contributed by atoms with Gasteiger partial charge in [0, 0.05) is 16.8 Å². The summed E-state index contributed by atoms with van der Waals surface area (Å²) in [6.45, 7) is 2.11. The molecule has 0 atom stereocenters. The van der Waals surface area contributed by atoms with Crippen molar-refractivity contribution >= 4 is 34.0 Å². The Morgan fingerprint density at radius 2 is 2.04 bits per heavy atom. The van der Waals surface area contributed by atoms with E-state index in [2.05, 4.69) is 20.8 Å². The van der Waals surface area contributed by atoms with Crippen LogP contribution in [0.15, 0.2) is 36.4 Å². The topological polar surface area (TPSA) is 105 Å². The van der Waals surface area contributed by atoms with Crippen LogP contribution in [-0.4, -0.2) is 29.8 Å². The second-order valence-corrected chi connectivity index (χ2v) is 5.46. The van der Waals surface area contributed by atoms with Crippen molar-refractivity contribution in [3.63, 3.8) is 0 Å². The number of aromatic amines is 1. The molecule has 1 heterocycles. The number of fused-ring (bicyclic) bond motifs is 1. The van der Waals surface area contributed by atoms with Crippen molar-refractivity contribution in [1.29, 1.82) is 0 Å². The van der Waals surface area contributed by atoms with Gasteiger partial charge >= 0.3 is 0 Å². The largest absolute Gasteiger partial charge is 0.496 e. The number of aryl methyl sites for hydroxylation is 1. The number of nitrogens with zero attached hydrogens (tertiary/aromatic N) is 1. The lowest BCUT2D eigenvalue weighted by molar-refractivity contribution is -0.114. The Labute approximate surface area is 139 Å². The van der Waals surface area contributed by atoms with E-state index in [0.29, 0.717) is 11.5 Å². The van der Waals surface area contributed by atoms with E-state index < -0.39 is 0 Å². The third-order valence-electron chi connectivity index (χ3n) is 3.72. The van der Waals surface area contributed by atoms with Gasteiger partial charge in [0.25, 0.3) is 0 Å². The van der Waals surface area contributed by atoms with E-state index in [-0.39, 0.29) is 12.5 Å². The Morgan fingerprint density at radius 1 is 1.25 bits per heavy atom.